The number of benzene rings is 1. The van der Waals surface area contributed by atoms with Gasteiger partial charge in [-0.05, 0) is 25.0 Å². The van der Waals surface area contributed by atoms with Gasteiger partial charge in [-0.1, -0.05) is 30.5 Å². The number of rotatable bonds is 2. The van der Waals surface area contributed by atoms with E-state index in [-0.39, 0.29) is 5.91 Å². The molecule has 0 aliphatic heterocycles. The minimum atomic E-state index is -0.119. The van der Waals surface area contributed by atoms with Crippen LogP contribution in [0.4, 0.5) is 5.69 Å². The molecule has 0 atom stereocenters. The molecule has 3 nitrogen and oxygen atoms in total. The summed E-state index contributed by atoms with van der Waals surface area (Å²) >= 11 is 5.87. The monoisotopic (exact) mass is 238 g/mol. The molecule has 1 aromatic carbocycles. The first-order valence-electron chi connectivity index (χ1n) is 5.53. The number of anilines is 1. The summed E-state index contributed by atoms with van der Waals surface area (Å²) in [6, 6.07) is 5.42. The first kappa shape index (κ1) is 11.3. The molecule has 1 fully saturated rings. The van der Waals surface area contributed by atoms with Gasteiger partial charge in [0.1, 0.15) is 0 Å². The van der Waals surface area contributed by atoms with Crippen LogP contribution in [-0.2, 0) is 0 Å². The Morgan fingerprint density at radius 2 is 2.06 bits per heavy atom. The molecule has 0 radical (unpaired) electrons. The molecule has 1 amide bonds. The Morgan fingerprint density at radius 1 is 1.38 bits per heavy atom. The van der Waals surface area contributed by atoms with E-state index in [1.807, 2.05) is 0 Å². The van der Waals surface area contributed by atoms with Crippen LogP contribution in [0.2, 0.25) is 5.02 Å². The predicted octanol–water partition coefficient (Wildman–Crippen LogP) is 2.59. The Kier molecular flexibility index (Phi) is 3.34. The molecule has 3 N–H and O–H groups in total. The third-order valence-corrected chi connectivity index (χ3v) is 3.32. The van der Waals surface area contributed by atoms with Gasteiger partial charge >= 0.3 is 0 Å². The second-order valence-corrected chi connectivity index (χ2v) is 4.56. The first-order valence-corrected chi connectivity index (χ1v) is 5.91. The lowest BCUT2D eigenvalue weighted by atomic mass is 10.1. The van der Waals surface area contributed by atoms with E-state index in [2.05, 4.69) is 5.32 Å². The van der Waals surface area contributed by atoms with E-state index in [0.29, 0.717) is 22.3 Å². The number of hydrogen-bond donors (Lipinski definition) is 2. The van der Waals surface area contributed by atoms with Gasteiger partial charge in [0.2, 0.25) is 0 Å². The summed E-state index contributed by atoms with van der Waals surface area (Å²) in [5.41, 5.74) is 6.60. The van der Waals surface area contributed by atoms with Crippen LogP contribution in [0.15, 0.2) is 18.2 Å². The fourth-order valence-corrected chi connectivity index (χ4v) is 2.24. The van der Waals surface area contributed by atoms with E-state index >= 15 is 0 Å². The molecule has 2 rings (SSSR count). The number of amides is 1. The average molecular weight is 239 g/mol. The van der Waals surface area contributed by atoms with E-state index in [4.69, 9.17) is 17.3 Å². The van der Waals surface area contributed by atoms with Crippen molar-refractivity contribution in [1.29, 1.82) is 0 Å². The highest BCUT2D eigenvalue weighted by Gasteiger charge is 2.19. The molecule has 1 saturated carbocycles. The van der Waals surface area contributed by atoms with E-state index in [9.17, 15) is 4.79 Å². The molecule has 0 unspecified atom stereocenters. The van der Waals surface area contributed by atoms with Crippen molar-refractivity contribution in [3.05, 3.63) is 28.8 Å². The number of hydrogen-bond acceptors (Lipinski definition) is 2. The lowest BCUT2D eigenvalue weighted by Crippen LogP contribution is -2.33. The molecule has 0 saturated heterocycles. The quantitative estimate of drug-likeness (QED) is 0.779. The maximum atomic E-state index is 11.9. The normalized spacial score (nSPS) is 16.3. The predicted molar refractivity (Wildman–Crippen MR) is 65.6 cm³/mol. The lowest BCUT2D eigenvalue weighted by molar-refractivity contribution is 0.0939. The first-order chi connectivity index (χ1) is 7.68. The van der Waals surface area contributed by atoms with Gasteiger partial charge in [-0.25, -0.2) is 0 Å². The van der Waals surface area contributed by atoms with Crippen molar-refractivity contribution in [2.24, 2.45) is 0 Å². The van der Waals surface area contributed by atoms with Crippen LogP contribution in [0.25, 0.3) is 0 Å². The van der Waals surface area contributed by atoms with Crippen molar-refractivity contribution >= 4 is 23.2 Å². The van der Waals surface area contributed by atoms with Gasteiger partial charge in [0.25, 0.3) is 5.91 Å². The Bertz CT molecular complexity index is 400. The van der Waals surface area contributed by atoms with Gasteiger partial charge in [-0.2, -0.15) is 0 Å². The number of nitrogens with one attached hydrogen (secondary N) is 1. The molecule has 1 aliphatic rings. The summed E-state index contributed by atoms with van der Waals surface area (Å²) in [6.45, 7) is 0. The summed E-state index contributed by atoms with van der Waals surface area (Å²) in [5, 5.41) is 3.42. The summed E-state index contributed by atoms with van der Waals surface area (Å²) in [4.78, 5) is 11.9. The number of nitrogen functional groups attached to an aromatic ring is 1. The number of carbonyl (C=O) groups is 1. The fourth-order valence-electron chi connectivity index (χ4n) is 2.07. The lowest BCUT2D eigenvalue weighted by Gasteiger charge is -2.13. The highest BCUT2D eigenvalue weighted by Crippen LogP contribution is 2.23. The van der Waals surface area contributed by atoms with E-state index < -0.39 is 0 Å². The number of nitrogens with two attached hydrogens (primary N) is 1. The van der Waals surface area contributed by atoms with Crippen molar-refractivity contribution in [3.63, 3.8) is 0 Å². The molecular weight excluding hydrogens is 224 g/mol. The summed E-state index contributed by atoms with van der Waals surface area (Å²) in [7, 11) is 0. The van der Waals surface area contributed by atoms with Crippen molar-refractivity contribution in [2.75, 3.05) is 5.73 Å². The third-order valence-electron chi connectivity index (χ3n) is 2.99. The molecule has 0 heterocycles. The molecule has 0 bridgehead atoms. The van der Waals surface area contributed by atoms with Gasteiger partial charge in [0.05, 0.1) is 16.3 Å². The van der Waals surface area contributed by atoms with Crippen molar-refractivity contribution < 1.29 is 4.79 Å². The zero-order valence-corrected chi connectivity index (χ0v) is 9.76. The van der Waals surface area contributed by atoms with E-state index in [1.54, 1.807) is 18.2 Å². The SMILES string of the molecule is Nc1c(Cl)cccc1C(=O)NC1CCCC1. The van der Waals surface area contributed by atoms with Crippen molar-refractivity contribution in [3.8, 4) is 0 Å². The van der Waals surface area contributed by atoms with Crippen LogP contribution < -0.4 is 11.1 Å². The Morgan fingerprint density at radius 3 is 2.75 bits per heavy atom. The van der Waals surface area contributed by atoms with Crippen molar-refractivity contribution in [2.45, 2.75) is 31.7 Å². The minimum Gasteiger partial charge on any atom is -0.397 e. The van der Waals surface area contributed by atoms with Gasteiger partial charge in [0.15, 0.2) is 0 Å². The minimum absolute atomic E-state index is 0.119. The highest BCUT2D eigenvalue weighted by molar-refractivity contribution is 6.33. The van der Waals surface area contributed by atoms with Crippen LogP contribution in [0.3, 0.4) is 0 Å². The molecule has 0 aromatic heterocycles. The topological polar surface area (TPSA) is 55.1 Å². The van der Waals surface area contributed by atoms with Crippen LogP contribution in [-0.4, -0.2) is 11.9 Å². The second-order valence-electron chi connectivity index (χ2n) is 4.16. The zero-order chi connectivity index (χ0) is 11.5. The molecule has 1 aromatic rings. The van der Waals surface area contributed by atoms with Crippen molar-refractivity contribution in [1.82, 2.24) is 5.32 Å². The molecule has 0 spiro atoms. The zero-order valence-electron chi connectivity index (χ0n) is 9.00. The largest absolute Gasteiger partial charge is 0.397 e. The van der Waals surface area contributed by atoms with Crippen LogP contribution in [0, 0.1) is 0 Å². The maximum absolute atomic E-state index is 11.9. The number of halogens is 1. The Hall–Kier alpha value is -1.22. The number of para-hydroxylation sites is 1. The molecule has 16 heavy (non-hydrogen) atoms. The molecule has 1 aliphatic carbocycles. The summed E-state index contributed by atoms with van der Waals surface area (Å²) in [5.74, 6) is -0.119. The molecule has 4 heteroatoms. The molecule has 86 valence electrons. The van der Waals surface area contributed by atoms with Crippen LogP contribution >= 0.6 is 11.6 Å². The summed E-state index contributed by atoms with van der Waals surface area (Å²) in [6.07, 6.45) is 4.50. The second kappa shape index (κ2) is 4.74. The summed E-state index contributed by atoms with van der Waals surface area (Å²) < 4.78 is 0. The number of carbonyl (C=O) groups excluding carboxylic acids is 1. The average Bonchev–Trinajstić information content (AvgIpc) is 2.74. The standard InChI is InChI=1S/C12H15ClN2O/c13-10-7-3-6-9(11(10)14)12(16)15-8-4-1-2-5-8/h3,6-8H,1-2,4-5,14H2,(H,15,16). The highest BCUT2D eigenvalue weighted by atomic mass is 35.5. The molecular formula is C12H15ClN2O. The van der Waals surface area contributed by atoms with E-state index in [1.165, 1.54) is 12.8 Å². The van der Waals surface area contributed by atoms with Gasteiger partial charge in [0, 0.05) is 6.04 Å². The van der Waals surface area contributed by atoms with Gasteiger partial charge in [-0.15, -0.1) is 0 Å². The van der Waals surface area contributed by atoms with E-state index in [0.717, 1.165) is 12.8 Å². The Balaban J connectivity index is 2.11. The maximum Gasteiger partial charge on any atom is 0.253 e. The smallest absolute Gasteiger partial charge is 0.253 e. The third kappa shape index (κ3) is 2.30. The van der Waals surface area contributed by atoms with Crippen LogP contribution in [0.5, 0.6) is 0 Å². The fraction of sp³-hybridized carbons (Fsp3) is 0.417. The Labute approximate surface area is 100.0 Å². The van der Waals surface area contributed by atoms with Crippen LogP contribution in [0.1, 0.15) is 36.0 Å². The van der Waals surface area contributed by atoms with Gasteiger partial charge in [-0.3, -0.25) is 4.79 Å². The van der Waals surface area contributed by atoms with Gasteiger partial charge < -0.3 is 11.1 Å².